The van der Waals surface area contributed by atoms with Gasteiger partial charge in [-0.15, -0.1) is 0 Å². The minimum atomic E-state index is -0.710. The monoisotopic (exact) mass is 318 g/mol. The van der Waals surface area contributed by atoms with Crippen LogP contribution in [0, 0.1) is 17.1 Å². The number of halogens is 1. The van der Waals surface area contributed by atoms with Crippen molar-refractivity contribution in [2.24, 2.45) is 4.99 Å². The minimum Gasteiger partial charge on any atom is -0.298 e. The Bertz CT molecular complexity index is 912. The summed E-state index contributed by atoms with van der Waals surface area (Å²) >= 11 is 0. The summed E-state index contributed by atoms with van der Waals surface area (Å²) in [5, 5.41) is 9.07. The largest absolute Gasteiger partial charge is 0.298 e. The number of hydrogen-bond donors (Lipinski definition) is 0. The molecule has 2 atom stereocenters. The van der Waals surface area contributed by atoms with Crippen LogP contribution in [-0.2, 0) is 10.2 Å². The number of para-hydroxylation sites is 1. The van der Waals surface area contributed by atoms with Crippen molar-refractivity contribution in [3.05, 3.63) is 65.0 Å². The van der Waals surface area contributed by atoms with Gasteiger partial charge in [-0.05, 0) is 54.2 Å². The molecule has 4 rings (SSSR count). The highest BCUT2D eigenvalue weighted by Gasteiger charge is 2.47. The number of rotatable bonds is 1. The predicted molar refractivity (Wildman–Crippen MR) is 89.0 cm³/mol. The highest BCUT2D eigenvalue weighted by molar-refractivity contribution is 6.10. The van der Waals surface area contributed by atoms with E-state index < -0.39 is 11.2 Å². The number of carbonyl (C=O) groups excluding carboxylic acids is 1. The second kappa shape index (κ2) is 5.38. The number of hydrogen-bond acceptors (Lipinski definition) is 3. The highest BCUT2D eigenvalue weighted by atomic mass is 19.1. The van der Waals surface area contributed by atoms with E-state index in [2.05, 4.69) is 4.99 Å². The Balaban J connectivity index is 1.76. The van der Waals surface area contributed by atoms with Crippen LogP contribution >= 0.6 is 0 Å². The molecule has 3 nitrogen and oxygen atoms in total. The maximum Gasteiger partial charge on any atom is 0.148 e. The van der Waals surface area contributed by atoms with Gasteiger partial charge in [0.25, 0.3) is 0 Å². The van der Waals surface area contributed by atoms with Crippen LogP contribution in [-0.4, -0.2) is 12.0 Å². The van der Waals surface area contributed by atoms with Crippen LogP contribution in [0.3, 0.4) is 0 Å². The number of ketones is 1. The van der Waals surface area contributed by atoms with Crippen LogP contribution in [0.5, 0.6) is 0 Å². The number of Topliss-reactive ketones (excluding diaryl/α,β-unsaturated/α-hetero) is 1. The van der Waals surface area contributed by atoms with Crippen LogP contribution in [0.2, 0.25) is 0 Å². The number of aliphatic imine (C=N–C) groups is 1. The van der Waals surface area contributed by atoms with Gasteiger partial charge in [-0.25, -0.2) is 4.39 Å². The lowest BCUT2D eigenvalue weighted by molar-refractivity contribution is -0.124. The summed E-state index contributed by atoms with van der Waals surface area (Å²) in [6.45, 7) is 0. The van der Waals surface area contributed by atoms with Crippen LogP contribution in [0.4, 0.5) is 10.1 Å². The summed E-state index contributed by atoms with van der Waals surface area (Å²) in [7, 11) is 0. The Kier molecular flexibility index (Phi) is 3.31. The van der Waals surface area contributed by atoms with Crippen LogP contribution in [0.15, 0.2) is 47.5 Å². The molecule has 1 aliphatic heterocycles. The van der Waals surface area contributed by atoms with E-state index in [-0.39, 0.29) is 11.7 Å². The third kappa shape index (κ3) is 2.16. The molecule has 0 N–H and O–H groups in total. The molecule has 1 aliphatic carbocycles. The molecule has 2 aromatic rings. The first-order valence-electron chi connectivity index (χ1n) is 8.01. The van der Waals surface area contributed by atoms with E-state index in [0.717, 1.165) is 16.8 Å². The fraction of sp³-hybridized carbons (Fsp3) is 0.250. The van der Waals surface area contributed by atoms with Crippen molar-refractivity contribution in [2.45, 2.75) is 30.6 Å². The SMILES string of the molecule is N#Cc1cc(F)cc(C2CCC(=O)C3(C=Nc4ccccc43)C2)c1. The maximum absolute atomic E-state index is 13.8. The Morgan fingerprint density at radius 2 is 2.08 bits per heavy atom. The molecule has 0 radical (unpaired) electrons. The van der Waals surface area contributed by atoms with Crippen molar-refractivity contribution >= 4 is 17.7 Å². The molecule has 1 spiro atoms. The second-order valence-corrected chi connectivity index (χ2v) is 6.49. The van der Waals surface area contributed by atoms with Crippen molar-refractivity contribution in [1.29, 1.82) is 5.26 Å². The number of benzene rings is 2. The highest BCUT2D eigenvalue weighted by Crippen LogP contribution is 2.48. The molecule has 0 amide bonds. The van der Waals surface area contributed by atoms with E-state index in [1.807, 2.05) is 30.3 Å². The number of carbonyl (C=O) groups is 1. The van der Waals surface area contributed by atoms with E-state index in [1.54, 1.807) is 12.3 Å². The van der Waals surface area contributed by atoms with Crippen LogP contribution < -0.4 is 0 Å². The van der Waals surface area contributed by atoms with E-state index in [9.17, 15) is 9.18 Å². The van der Waals surface area contributed by atoms with E-state index in [4.69, 9.17) is 5.26 Å². The van der Waals surface area contributed by atoms with E-state index in [1.165, 1.54) is 12.1 Å². The lowest BCUT2D eigenvalue weighted by Gasteiger charge is -2.35. The first-order valence-corrected chi connectivity index (χ1v) is 8.01. The van der Waals surface area contributed by atoms with Gasteiger partial charge in [-0.1, -0.05) is 18.2 Å². The lowest BCUT2D eigenvalue weighted by atomic mass is 9.65. The van der Waals surface area contributed by atoms with Crippen molar-refractivity contribution in [3.8, 4) is 6.07 Å². The fourth-order valence-electron chi connectivity index (χ4n) is 3.93. The summed E-state index contributed by atoms with van der Waals surface area (Å²) in [5.74, 6) is -0.206. The summed E-state index contributed by atoms with van der Waals surface area (Å²) in [5.41, 5.74) is 2.17. The van der Waals surface area contributed by atoms with E-state index in [0.29, 0.717) is 24.8 Å². The van der Waals surface area contributed by atoms with Crippen molar-refractivity contribution < 1.29 is 9.18 Å². The van der Waals surface area contributed by atoms with Gasteiger partial charge in [0.2, 0.25) is 0 Å². The quantitative estimate of drug-likeness (QED) is 0.791. The third-order valence-electron chi connectivity index (χ3n) is 5.12. The zero-order valence-electron chi connectivity index (χ0n) is 13.0. The van der Waals surface area contributed by atoms with Gasteiger partial charge in [0, 0.05) is 12.6 Å². The molecule has 0 bridgehead atoms. The van der Waals surface area contributed by atoms with Gasteiger partial charge in [-0.2, -0.15) is 5.26 Å². The smallest absolute Gasteiger partial charge is 0.148 e. The molecule has 2 aromatic carbocycles. The van der Waals surface area contributed by atoms with Gasteiger partial charge in [0.15, 0.2) is 0 Å². The van der Waals surface area contributed by atoms with E-state index >= 15 is 0 Å². The molecule has 118 valence electrons. The van der Waals surface area contributed by atoms with Crippen molar-refractivity contribution in [2.75, 3.05) is 0 Å². The molecule has 1 saturated carbocycles. The molecule has 1 heterocycles. The Hall–Kier alpha value is -2.80. The summed E-state index contributed by atoms with van der Waals surface area (Å²) in [4.78, 5) is 17.2. The van der Waals surface area contributed by atoms with Gasteiger partial charge in [0.1, 0.15) is 11.6 Å². The Labute approximate surface area is 139 Å². The topological polar surface area (TPSA) is 53.2 Å². The average molecular weight is 318 g/mol. The summed E-state index contributed by atoms with van der Waals surface area (Å²) < 4.78 is 13.8. The Morgan fingerprint density at radius 3 is 2.92 bits per heavy atom. The second-order valence-electron chi connectivity index (χ2n) is 6.49. The van der Waals surface area contributed by atoms with Crippen molar-refractivity contribution in [3.63, 3.8) is 0 Å². The zero-order valence-corrected chi connectivity index (χ0v) is 13.0. The predicted octanol–water partition coefficient (Wildman–Crippen LogP) is 4.19. The van der Waals surface area contributed by atoms with Gasteiger partial charge < -0.3 is 0 Å². The molecule has 0 aromatic heterocycles. The Morgan fingerprint density at radius 1 is 1.25 bits per heavy atom. The van der Waals surface area contributed by atoms with Gasteiger partial charge >= 0.3 is 0 Å². The van der Waals surface area contributed by atoms with Crippen LogP contribution in [0.25, 0.3) is 0 Å². The first kappa shape index (κ1) is 14.8. The molecule has 2 unspecified atom stereocenters. The molecule has 1 fully saturated rings. The lowest BCUT2D eigenvalue weighted by Crippen LogP contribution is -2.41. The molecule has 4 heteroatoms. The molecule has 24 heavy (non-hydrogen) atoms. The van der Waals surface area contributed by atoms with Gasteiger partial charge in [0.05, 0.1) is 22.7 Å². The molecular formula is C20H15FN2O. The maximum atomic E-state index is 13.8. The fourth-order valence-corrected chi connectivity index (χ4v) is 3.93. The zero-order chi connectivity index (χ0) is 16.7. The van der Waals surface area contributed by atoms with Crippen molar-refractivity contribution in [1.82, 2.24) is 0 Å². The number of fused-ring (bicyclic) bond motifs is 2. The molecule has 2 aliphatic rings. The summed E-state index contributed by atoms with van der Waals surface area (Å²) in [6.07, 6.45) is 3.44. The standard InChI is InChI=1S/C20H15FN2O/c21-16-8-13(11-22)7-15(9-16)14-5-6-19(24)20(10-14)12-23-18-4-2-1-3-17(18)20/h1-4,7-9,12,14H,5-6,10H2. The average Bonchev–Trinajstić information content (AvgIpc) is 2.96. The normalized spacial score (nSPS) is 24.8. The number of nitrogens with zero attached hydrogens (tertiary/aromatic N) is 2. The number of nitriles is 1. The van der Waals surface area contributed by atoms with Crippen LogP contribution in [0.1, 0.15) is 41.9 Å². The first-order chi connectivity index (χ1) is 11.6. The third-order valence-corrected chi connectivity index (χ3v) is 5.12. The van der Waals surface area contributed by atoms with Gasteiger partial charge in [-0.3, -0.25) is 9.79 Å². The summed E-state index contributed by atoms with van der Waals surface area (Å²) in [6, 6.07) is 14.1. The molecular weight excluding hydrogens is 303 g/mol. The molecule has 0 saturated heterocycles. The minimum absolute atomic E-state index is 0.0307.